The summed E-state index contributed by atoms with van der Waals surface area (Å²) in [7, 11) is -10.6. The van der Waals surface area contributed by atoms with Gasteiger partial charge in [0.1, 0.15) is 85.0 Å². The van der Waals surface area contributed by atoms with Crippen molar-refractivity contribution in [3.63, 3.8) is 0 Å². The lowest BCUT2D eigenvalue weighted by molar-refractivity contribution is -0.0645. The van der Waals surface area contributed by atoms with Crippen LogP contribution in [0.5, 0.6) is 0 Å². The van der Waals surface area contributed by atoms with E-state index in [1.807, 2.05) is 30.3 Å². The van der Waals surface area contributed by atoms with Gasteiger partial charge in [-0.2, -0.15) is 0 Å². The molecule has 31 nitrogen and oxygen atoms in total. The Morgan fingerprint density at radius 1 is 0.586 bits per heavy atom. The van der Waals surface area contributed by atoms with Crippen LogP contribution in [-0.2, 0) is 48.0 Å². The number of nitrogen functional groups attached to an aromatic ring is 2. The van der Waals surface area contributed by atoms with Crippen molar-refractivity contribution in [3.8, 4) is 0 Å². The molecule has 3 saturated heterocycles. The lowest BCUT2D eigenvalue weighted by Gasteiger charge is -2.25. The van der Waals surface area contributed by atoms with Crippen molar-refractivity contribution in [1.82, 2.24) is 58.6 Å². The number of rotatable bonds is 17. The van der Waals surface area contributed by atoms with E-state index < -0.39 is 109 Å². The first-order valence-corrected chi connectivity index (χ1v) is 24.0. The van der Waals surface area contributed by atoms with E-state index in [1.54, 1.807) is 0 Å². The highest BCUT2D eigenvalue weighted by Crippen LogP contribution is 2.53. The van der Waals surface area contributed by atoms with Crippen LogP contribution in [0.1, 0.15) is 24.2 Å². The van der Waals surface area contributed by atoms with Gasteiger partial charge < -0.3 is 66.3 Å². The molecule has 14 atom stereocenters. The molecule has 1 aromatic carbocycles. The van der Waals surface area contributed by atoms with Gasteiger partial charge in [0.2, 0.25) is 0 Å². The quantitative estimate of drug-likeness (QED) is 0.0460. The number of benzene rings is 1. The third-order valence-corrected chi connectivity index (χ3v) is 13.7. The van der Waals surface area contributed by atoms with Gasteiger partial charge in [-0.3, -0.25) is 31.8 Å². The van der Waals surface area contributed by atoms with E-state index in [2.05, 4.69) is 50.2 Å². The predicted molar refractivity (Wildman–Crippen MR) is 233 cm³/mol. The van der Waals surface area contributed by atoms with Gasteiger partial charge >= 0.3 is 15.6 Å². The fourth-order valence-electron chi connectivity index (χ4n) is 8.26. The van der Waals surface area contributed by atoms with Gasteiger partial charge in [0.15, 0.2) is 58.6 Å². The van der Waals surface area contributed by atoms with E-state index in [0.29, 0.717) is 17.9 Å². The van der Waals surface area contributed by atoms with E-state index in [0.717, 1.165) is 24.5 Å². The number of anilines is 3. The van der Waals surface area contributed by atoms with E-state index >= 15 is 0 Å². The zero-order valence-electron chi connectivity index (χ0n) is 35.8. The Kier molecular flexibility index (Phi) is 13.0. The molecule has 0 saturated carbocycles. The molecule has 0 amide bonds. The molecule has 372 valence electrons. The Morgan fingerprint density at radius 2 is 1.04 bits per heavy atom. The first kappa shape index (κ1) is 47.8. The Labute approximate surface area is 391 Å². The second kappa shape index (κ2) is 19.1. The van der Waals surface area contributed by atoms with E-state index in [-0.39, 0.29) is 39.6 Å². The molecule has 0 bridgehead atoms. The number of fused-ring (bicyclic) bond motifs is 3. The van der Waals surface area contributed by atoms with Crippen LogP contribution >= 0.6 is 15.6 Å². The van der Waals surface area contributed by atoms with E-state index in [9.17, 15) is 44.4 Å². The van der Waals surface area contributed by atoms with Crippen molar-refractivity contribution in [2.75, 3.05) is 36.6 Å². The summed E-state index contributed by atoms with van der Waals surface area (Å²) in [6.07, 6.45) is -12.0. The average Bonchev–Trinajstić information content (AvgIpc) is 4.21. The lowest BCUT2D eigenvalue weighted by Crippen LogP contribution is -2.37. The highest BCUT2D eigenvalue weighted by molar-refractivity contribution is 7.47. The first-order valence-electron chi connectivity index (χ1n) is 21.0. The van der Waals surface area contributed by atoms with Crippen molar-refractivity contribution in [2.24, 2.45) is 0 Å². The minimum absolute atomic E-state index is 0.00250. The molecule has 33 heteroatoms. The molecule has 7 aromatic rings. The van der Waals surface area contributed by atoms with Crippen LogP contribution in [-0.4, -0.2) is 169 Å². The SMILES string of the molecule is Nc1ncnc2c1ncn2[C@@H]1O[C@H](CO)[C@@H](O)[C@H]1OP(=O)(O)OC[C@H]1O[C@@H](n2cnc3c(N)ncnc32)[C@H](OP(=O)(O)OC[C@H]2O[C@@H](n3cnc4c(NCc5ccccc5)ncnc43)[C@H](O)[C@@H]2O)[C@@H]1O. The number of aliphatic hydroxyl groups is 5. The summed E-state index contributed by atoms with van der Waals surface area (Å²) in [6.45, 7) is -2.12. The number of aromatic nitrogens is 12. The average molecular weight is 1020 g/mol. The number of nitrogens with zero attached hydrogens (tertiary/aromatic N) is 12. The molecule has 9 heterocycles. The lowest BCUT2D eigenvalue weighted by atomic mass is 10.1. The largest absolute Gasteiger partial charge is 0.472 e. The van der Waals surface area contributed by atoms with Gasteiger partial charge in [0.25, 0.3) is 0 Å². The second-order valence-corrected chi connectivity index (χ2v) is 18.9. The van der Waals surface area contributed by atoms with Gasteiger partial charge in [-0.15, -0.1) is 0 Å². The Balaban J connectivity index is 0.831. The van der Waals surface area contributed by atoms with Crippen molar-refractivity contribution in [2.45, 2.75) is 80.2 Å². The highest BCUT2D eigenvalue weighted by atomic mass is 31.2. The highest BCUT2D eigenvalue weighted by Gasteiger charge is 2.53. The van der Waals surface area contributed by atoms with Crippen LogP contribution in [0.4, 0.5) is 17.5 Å². The Morgan fingerprint density at radius 3 is 1.60 bits per heavy atom. The maximum atomic E-state index is 13.7. The number of hydrogen-bond acceptors (Lipinski definition) is 26. The molecule has 0 aliphatic carbocycles. The minimum Gasteiger partial charge on any atom is -0.394 e. The third-order valence-electron chi connectivity index (χ3n) is 11.7. The van der Waals surface area contributed by atoms with Crippen molar-refractivity contribution < 1.29 is 76.8 Å². The van der Waals surface area contributed by atoms with Crippen molar-refractivity contribution in [3.05, 3.63) is 73.9 Å². The van der Waals surface area contributed by atoms with E-state index in [4.69, 9.17) is 43.8 Å². The molecular formula is C37H43N15O16P2. The third kappa shape index (κ3) is 9.07. The Bertz CT molecular complexity index is 3100. The van der Waals surface area contributed by atoms with Crippen LogP contribution in [0.3, 0.4) is 0 Å². The number of imidazole rings is 3. The fourth-order valence-corrected chi connectivity index (χ4v) is 10.1. The van der Waals surface area contributed by atoms with Crippen LogP contribution < -0.4 is 16.8 Å². The van der Waals surface area contributed by atoms with Crippen LogP contribution in [0, 0.1) is 0 Å². The summed E-state index contributed by atoms with van der Waals surface area (Å²) in [4.78, 5) is 59.4. The standard InChI is InChI=1S/C37H43N15O16P2/c38-29-20-32(44-10-41-29)51(13-47-20)36-27(24(55)17(7-53)64-36)67-70(60,61)63-9-19-25(56)28(37(66-19)52-14-48-21-30(39)42-11-45-33(21)52)68-69(58,59)62-8-18-23(54)26(57)35(65-18)50-15-49-22-31(43-12-46-34(22)50)40-6-16-4-2-1-3-5-16/h1-5,10-15,17-19,23-28,35-37,53-57H,6-9H2,(H,58,59)(H,60,61)(H2,38,41,44)(H2,39,42,45)(H,40,43,46)/t17-,18-,19-,23-,24-,25-,26-,27-,28-,35-,36-,37-/m1/s1. The summed E-state index contributed by atoms with van der Waals surface area (Å²) in [6, 6.07) is 9.52. The van der Waals surface area contributed by atoms with E-state index in [1.165, 1.54) is 32.7 Å². The molecule has 3 fully saturated rings. The van der Waals surface area contributed by atoms with Crippen LogP contribution in [0.15, 0.2) is 68.3 Å². The predicted octanol–water partition coefficient (Wildman–Crippen LogP) is -1.58. The molecule has 12 N–H and O–H groups in total. The summed E-state index contributed by atoms with van der Waals surface area (Å²) in [5.74, 6) is 0.332. The molecule has 0 radical (unpaired) electrons. The molecule has 2 unspecified atom stereocenters. The number of hydrogen-bond donors (Lipinski definition) is 10. The van der Waals surface area contributed by atoms with Crippen LogP contribution in [0.25, 0.3) is 33.5 Å². The zero-order chi connectivity index (χ0) is 49.1. The topological polar surface area (TPSA) is 435 Å². The van der Waals surface area contributed by atoms with Gasteiger partial charge in [-0.25, -0.2) is 54.0 Å². The van der Waals surface area contributed by atoms with Crippen LogP contribution in [0.2, 0.25) is 0 Å². The first-order chi connectivity index (χ1) is 33.6. The number of aliphatic hydroxyl groups excluding tert-OH is 5. The summed E-state index contributed by atoms with van der Waals surface area (Å²) in [5, 5.41) is 57.8. The summed E-state index contributed by atoms with van der Waals surface area (Å²) < 4.78 is 70.2. The maximum Gasteiger partial charge on any atom is 0.472 e. The molecule has 3 aliphatic heterocycles. The molecule has 0 spiro atoms. The monoisotopic (exact) mass is 1020 g/mol. The van der Waals surface area contributed by atoms with Crippen molar-refractivity contribution >= 4 is 66.6 Å². The second-order valence-electron chi connectivity index (χ2n) is 16.1. The van der Waals surface area contributed by atoms with Gasteiger partial charge in [0, 0.05) is 6.54 Å². The maximum absolute atomic E-state index is 13.7. The molecule has 6 aromatic heterocycles. The molecular weight excluding hydrogens is 972 g/mol. The smallest absolute Gasteiger partial charge is 0.394 e. The zero-order valence-corrected chi connectivity index (χ0v) is 37.6. The molecule has 3 aliphatic rings. The van der Waals surface area contributed by atoms with Crippen molar-refractivity contribution in [1.29, 1.82) is 0 Å². The number of phosphoric ester groups is 2. The normalized spacial score (nSPS) is 29.8. The summed E-state index contributed by atoms with van der Waals surface area (Å²) in [5.41, 5.74) is 13.8. The minimum atomic E-state index is -5.32. The fraction of sp³-hybridized carbons (Fsp3) is 0.432. The molecule has 10 rings (SSSR count). The number of nitrogens with two attached hydrogens (primary N) is 2. The Hall–Kier alpha value is -5.83. The van der Waals surface area contributed by atoms with Gasteiger partial charge in [-0.05, 0) is 5.56 Å². The van der Waals surface area contributed by atoms with Gasteiger partial charge in [-0.1, -0.05) is 30.3 Å². The van der Waals surface area contributed by atoms with Gasteiger partial charge in [0.05, 0.1) is 38.8 Å². The number of nitrogens with one attached hydrogen (secondary N) is 1. The molecule has 70 heavy (non-hydrogen) atoms. The number of phosphoric acid groups is 2. The number of ether oxygens (including phenoxy) is 3. The summed E-state index contributed by atoms with van der Waals surface area (Å²) >= 11 is 0.